The Kier molecular flexibility index (Phi) is 7.77. The molecule has 2 atom stereocenters. The maximum absolute atomic E-state index is 10.2. The molecule has 0 unspecified atom stereocenters. The number of hydrogen-bond donors (Lipinski definition) is 1. The zero-order valence-electron chi connectivity index (χ0n) is 18.5. The number of ether oxygens (including phenoxy) is 1. The minimum atomic E-state index is -0.180. The van der Waals surface area contributed by atoms with Gasteiger partial charge in [0.15, 0.2) is 0 Å². The molecule has 0 amide bonds. The summed E-state index contributed by atoms with van der Waals surface area (Å²) >= 11 is 0. The number of unbranched alkanes of at least 4 members (excludes halogenated alkanes) is 2. The Morgan fingerprint density at radius 3 is 2.55 bits per heavy atom. The van der Waals surface area contributed by atoms with E-state index in [0.717, 1.165) is 31.4 Å². The standard InChI is InChI=1S/C27H38O2/c1-4-5-9-17-27(2,3)23-15-16-25(22-13-10-14-24(28)18-22)26(19-23)29-20-21-11-7-6-8-12-21/h6-8,11-12,15-16,19,22,24,28H,4-5,9-10,13-14,17-18,20H2,1-3H3/t22-,24+/m0/s1. The highest BCUT2D eigenvalue weighted by Crippen LogP contribution is 2.40. The Morgan fingerprint density at radius 1 is 1.03 bits per heavy atom. The van der Waals surface area contributed by atoms with E-state index in [2.05, 4.69) is 63.2 Å². The quantitative estimate of drug-likeness (QED) is 0.458. The van der Waals surface area contributed by atoms with Crippen molar-refractivity contribution in [3.05, 3.63) is 65.2 Å². The minimum absolute atomic E-state index is 0.143. The summed E-state index contributed by atoms with van der Waals surface area (Å²) in [6.45, 7) is 7.55. The molecule has 1 aliphatic rings. The Hall–Kier alpha value is -1.80. The van der Waals surface area contributed by atoms with E-state index in [0.29, 0.717) is 12.5 Å². The van der Waals surface area contributed by atoms with Gasteiger partial charge in [-0.15, -0.1) is 0 Å². The van der Waals surface area contributed by atoms with Crippen LogP contribution in [0.2, 0.25) is 0 Å². The first-order chi connectivity index (χ1) is 14.0. The second kappa shape index (κ2) is 10.3. The van der Waals surface area contributed by atoms with Gasteiger partial charge in [0, 0.05) is 0 Å². The number of rotatable bonds is 9. The molecule has 0 saturated heterocycles. The SMILES string of the molecule is CCCCCC(C)(C)c1ccc([C@H]2CCC[C@@H](O)C2)c(OCc2ccccc2)c1. The van der Waals surface area contributed by atoms with E-state index in [1.165, 1.54) is 42.4 Å². The molecule has 1 N–H and O–H groups in total. The van der Waals surface area contributed by atoms with Crippen LogP contribution in [-0.4, -0.2) is 11.2 Å². The van der Waals surface area contributed by atoms with Gasteiger partial charge in [0.1, 0.15) is 12.4 Å². The molecule has 1 fully saturated rings. The lowest BCUT2D eigenvalue weighted by atomic mass is 9.77. The third-order valence-electron chi connectivity index (χ3n) is 6.52. The molecule has 1 aliphatic carbocycles. The second-order valence-corrected chi connectivity index (χ2v) is 9.39. The molecule has 2 nitrogen and oxygen atoms in total. The molecule has 158 valence electrons. The van der Waals surface area contributed by atoms with Crippen molar-refractivity contribution in [2.45, 2.75) is 96.2 Å². The Bertz CT molecular complexity index is 750. The predicted molar refractivity (Wildman–Crippen MR) is 122 cm³/mol. The van der Waals surface area contributed by atoms with E-state index in [-0.39, 0.29) is 11.5 Å². The molecular formula is C27H38O2. The number of hydrogen-bond acceptors (Lipinski definition) is 2. The minimum Gasteiger partial charge on any atom is -0.489 e. The summed E-state index contributed by atoms with van der Waals surface area (Å²) in [4.78, 5) is 0. The van der Waals surface area contributed by atoms with E-state index < -0.39 is 0 Å². The summed E-state index contributed by atoms with van der Waals surface area (Å²) in [5, 5.41) is 10.2. The molecule has 3 rings (SSSR count). The van der Waals surface area contributed by atoms with Crippen molar-refractivity contribution in [2.75, 3.05) is 0 Å². The van der Waals surface area contributed by atoms with Crippen molar-refractivity contribution < 1.29 is 9.84 Å². The lowest BCUT2D eigenvalue weighted by Crippen LogP contribution is -2.20. The van der Waals surface area contributed by atoms with Crippen LogP contribution >= 0.6 is 0 Å². The van der Waals surface area contributed by atoms with Crippen LogP contribution < -0.4 is 4.74 Å². The zero-order valence-corrected chi connectivity index (χ0v) is 18.5. The summed E-state index contributed by atoms with van der Waals surface area (Å²) in [7, 11) is 0. The highest BCUT2D eigenvalue weighted by molar-refractivity contribution is 5.43. The van der Waals surface area contributed by atoms with Crippen LogP contribution in [0.5, 0.6) is 5.75 Å². The van der Waals surface area contributed by atoms with Gasteiger partial charge < -0.3 is 9.84 Å². The topological polar surface area (TPSA) is 29.5 Å². The average molecular weight is 395 g/mol. The van der Waals surface area contributed by atoms with E-state index in [1.807, 2.05) is 6.07 Å². The van der Waals surface area contributed by atoms with Gasteiger partial charge in [-0.05, 0) is 59.8 Å². The molecule has 0 bridgehead atoms. The summed E-state index contributed by atoms with van der Waals surface area (Å²) in [5.74, 6) is 1.40. The normalized spacial score (nSPS) is 19.9. The molecule has 29 heavy (non-hydrogen) atoms. The van der Waals surface area contributed by atoms with Crippen molar-refractivity contribution in [2.24, 2.45) is 0 Å². The summed E-state index contributed by atoms with van der Waals surface area (Å²) in [6.07, 6.45) is 8.83. The molecular weight excluding hydrogens is 356 g/mol. The van der Waals surface area contributed by atoms with Crippen LogP contribution in [0.15, 0.2) is 48.5 Å². The fraction of sp³-hybridized carbons (Fsp3) is 0.556. The van der Waals surface area contributed by atoms with Crippen molar-refractivity contribution >= 4 is 0 Å². The van der Waals surface area contributed by atoms with Crippen LogP contribution in [0.4, 0.5) is 0 Å². The number of aliphatic hydroxyl groups excluding tert-OH is 1. The Balaban J connectivity index is 1.84. The molecule has 2 aromatic rings. The zero-order chi connectivity index (χ0) is 20.7. The van der Waals surface area contributed by atoms with Crippen LogP contribution in [0, 0.1) is 0 Å². The molecule has 0 spiro atoms. The van der Waals surface area contributed by atoms with Crippen LogP contribution in [0.25, 0.3) is 0 Å². The van der Waals surface area contributed by atoms with Crippen LogP contribution in [0.3, 0.4) is 0 Å². The van der Waals surface area contributed by atoms with Gasteiger partial charge in [0.25, 0.3) is 0 Å². The molecule has 1 saturated carbocycles. The highest BCUT2D eigenvalue weighted by atomic mass is 16.5. The Morgan fingerprint density at radius 2 is 1.83 bits per heavy atom. The lowest BCUT2D eigenvalue weighted by Gasteiger charge is -2.30. The van der Waals surface area contributed by atoms with Gasteiger partial charge in [-0.25, -0.2) is 0 Å². The maximum atomic E-state index is 10.2. The van der Waals surface area contributed by atoms with Gasteiger partial charge in [-0.1, -0.05) is 88.9 Å². The Labute approximate surface area is 177 Å². The van der Waals surface area contributed by atoms with Crippen LogP contribution in [-0.2, 0) is 12.0 Å². The maximum Gasteiger partial charge on any atom is 0.123 e. The first-order valence-corrected chi connectivity index (χ1v) is 11.5. The predicted octanol–water partition coefficient (Wildman–Crippen LogP) is 7.14. The van der Waals surface area contributed by atoms with Crippen molar-refractivity contribution in [3.63, 3.8) is 0 Å². The van der Waals surface area contributed by atoms with E-state index in [1.54, 1.807) is 0 Å². The average Bonchev–Trinajstić information content (AvgIpc) is 2.73. The van der Waals surface area contributed by atoms with Gasteiger partial charge in [-0.3, -0.25) is 0 Å². The number of aliphatic hydroxyl groups is 1. The first-order valence-electron chi connectivity index (χ1n) is 11.5. The molecule has 0 heterocycles. The third-order valence-corrected chi connectivity index (χ3v) is 6.52. The van der Waals surface area contributed by atoms with Gasteiger partial charge >= 0.3 is 0 Å². The van der Waals surface area contributed by atoms with Gasteiger partial charge in [0.05, 0.1) is 6.10 Å². The molecule has 0 aliphatic heterocycles. The monoisotopic (exact) mass is 394 g/mol. The lowest BCUT2D eigenvalue weighted by molar-refractivity contribution is 0.118. The van der Waals surface area contributed by atoms with Crippen molar-refractivity contribution in [1.82, 2.24) is 0 Å². The van der Waals surface area contributed by atoms with E-state index in [9.17, 15) is 5.11 Å². The fourth-order valence-electron chi connectivity index (χ4n) is 4.56. The van der Waals surface area contributed by atoms with E-state index >= 15 is 0 Å². The first kappa shape index (κ1) is 21.9. The third kappa shape index (κ3) is 6.09. The molecule has 0 aromatic heterocycles. The largest absolute Gasteiger partial charge is 0.489 e. The van der Waals surface area contributed by atoms with Crippen molar-refractivity contribution in [3.8, 4) is 5.75 Å². The highest BCUT2D eigenvalue weighted by Gasteiger charge is 2.27. The molecule has 0 radical (unpaired) electrons. The molecule has 2 heteroatoms. The van der Waals surface area contributed by atoms with E-state index in [4.69, 9.17) is 4.74 Å². The summed E-state index contributed by atoms with van der Waals surface area (Å²) in [5.41, 5.74) is 3.96. The second-order valence-electron chi connectivity index (χ2n) is 9.39. The van der Waals surface area contributed by atoms with Crippen LogP contribution in [0.1, 0.15) is 94.7 Å². The number of benzene rings is 2. The van der Waals surface area contributed by atoms with Gasteiger partial charge in [0.2, 0.25) is 0 Å². The summed E-state index contributed by atoms with van der Waals surface area (Å²) < 4.78 is 6.39. The molecule has 2 aromatic carbocycles. The fourth-order valence-corrected chi connectivity index (χ4v) is 4.56. The van der Waals surface area contributed by atoms with Gasteiger partial charge in [-0.2, -0.15) is 0 Å². The summed E-state index contributed by atoms with van der Waals surface area (Å²) in [6, 6.07) is 17.3. The smallest absolute Gasteiger partial charge is 0.123 e. The van der Waals surface area contributed by atoms with Crippen molar-refractivity contribution in [1.29, 1.82) is 0 Å².